The van der Waals surface area contributed by atoms with Gasteiger partial charge in [-0.3, -0.25) is 0 Å². The van der Waals surface area contributed by atoms with Crippen molar-refractivity contribution in [2.24, 2.45) is 5.92 Å². The van der Waals surface area contributed by atoms with E-state index in [0.29, 0.717) is 0 Å². The van der Waals surface area contributed by atoms with E-state index in [-0.39, 0.29) is 0 Å². The zero-order valence-electron chi connectivity index (χ0n) is 12.2. The number of aromatic nitrogens is 1. The van der Waals surface area contributed by atoms with Crippen molar-refractivity contribution in [3.8, 4) is 0 Å². The van der Waals surface area contributed by atoms with Gasteiger partial charge in [-0.05, 0) is 36.8 Å². The number of hydrogen-bond acceptors (Lipinski definition) is 0. The van der Waals surface area contributed by atoms with Crippen LogP contribution in [0.4, 0.5) is 0 Å². The molecule has 0 saturated heterocycles. The standard InChI is InChI=1S/C18H25N/c1-3-4-8-13(2)14-10-7-11-16-15-9-5-6-12-17(15)19-18(14)16/h5-6,9,12-14,19H,3-4,7-8,10-11H2,1-2H3. The van der Waals surface area contributed by atoms with Gasteiger partial charge in [0, 0.05) is 22.5 Å². The number of fused-ring (bicyclic) bond motifs is 3. The van der Waals surface area contributed by atoms with Crippen LogP contribution in [0, 0.1) is 5.92 Å². The summed E-state index contributed by atoms with van der Waals surface area (Å²) in [6, 6.07) is 8.81. The number of hydrogen-bond donors (Lipinski definition) is 1. The third kappa shape index (κ3) is 2.31. The molecule has 0 aliphatic heterocycles. The first-order chi connectivity index (χ1) is 9.31. The van der Waals surface area contributed by atoms with Crippen LogP contribution in [-0.4, -0.2) is 4.98 Å². The van der Waals surface area contributed by atoms with E-state index in [1.807, 2.05) is 0 Å². The molecule has 1 N–H and O–H groups in total. The molecule has 0 fully saturated rings. The second kappa shape index (κ2) is 5.40. The van der Waals surface area contributed by atoms with E-state index in [1.54, 1.807) is 11.3 Å². The number of benzene rings is 1. The number of H-pyrrole nitrogens is 1. The van der Waals surface area contributed by atoms with Crippen LogP contribution in [0.3, 0.4) is 0 Å². The molecule has 0 bridgehead atoms. The topological polar surface area (TPSA) is 15.8 Å². The summed E-state index contributed by atoms with van der Waals surface area (Å²) < 4.78 is 0. The van der Waals surface area contributed by atoms with Crippen molar-refractivity contribution in [2.45, 2.75) is 58.3 Å². The molecule has 19 heavy (non-hydrogen) atoms. The van der Waals surface area contributed by atoms with Gasteiger partial charge < -0.3 is 4.98 Å². The van der Waals surface area contributed by atoms with E-state index in [2.05, 4.69) is 43.1 Å². The normalized spacial score (nSPS) is 20.4. The number of para-hydroxylation sites is 1. The molecule has 0 saturated carbocycles. The Bertz CT molecular complexity index is 552. The average molecular weight is 255 g/mol. The number of aromatic amines is 1. The van der Waals surface area contributed by atoms with E-state index in [0.717, 1.165) is 11.8 Å². The summed E-state index contributed by atoms with van der Waals surface area (Å²) in [5, 5.41) is 1.46. The fourth-order valence-corrected chi connectivity index (χ4v) is 3.75. The number of rotatable bonds is 4. The van der Waals surface area contributed by atoms with Crippen LogP contribution in [0.2, 0.25) is 0 Å². The largest absolute Gasteiger partial charge is 0.358 e. The predicted molar refractivity (Wildman–Crippen MR) is 82.7 cm³/mol. The van der Waals surface area contributed by atoms with Crippen molar-refractivity contribution in [3.05, 3.63) is 35.5 Å². The Morgan fingerprint density at radius 1 is 1.32 bits per heavy atom. The monoisotopic (exact) mass is 255 g/mol. The van der Waals surface area contributed by atoms with Crippen LogP contribution in [0.1, 0.15) is 63.1 Å². The first kappa shape index (κ1) is 12.8. The van der Waals surface area contributed by atoms with Gasteiger partial charge >= 0.3 is 0 Å². The van der Waals surface area contributed by atoms with E-state index >= 15 is 0 Å². The summed E-state index contributed by atoms with van der Waals surface area (Å²) in [4.78, 5) is 3.72. The number of aryl methyl sites for hydroxylation is 1. The lowest BCUT2D eigenvalue weighted by atomic mass is 9.78. The van der Waals surface area contributed by atoms with Gasteiger partial charge in [-0.25, -0.2) is 0 Å². The van der Waals surface area contributed by atoms with Crippen molar-refractivity contribution in [1.82, 2.24) is 4.98 Å². The van der Waals surface area contributed by atoms with Gasteiger partial charge in [-0.15, -0.1) is 0 Å². The van der Waals surface area contributed by atoms with Gasteiger partial charge in [0.25, 0.3) is 0 Å². The summed E-state index contributed by atoms with van der Waals surface area (Å²) >= 11 is 0. The van der Waals surface area contributed by atoms with E-state index < -0.39 is 0 Å². The van der Waals surface area contributed by atoms with Gasteiger partial charge in [0.1, 0.15) is 0 Å². The molecule has 0 radical (unpaired) electrons. The number of nitrogens with one attached hydrogen (secondary N) is 1. The fourth-order valence-electron chi connectivity index (χ4n) is 3.75. The average Bonchev–Trinajstić information content (AvgIpc) is 2.83. The van der Waals surface area contributed by atoms with Crippen molar-refractivity contribution >= 4 is 10.9 Å². The minimum Gasteiger partial charge on any atom is -0.358 e. The van der Waals surface area contributed by atoms with Gasteiger partial charge in [0.2, 0.25) is 0 Å². The second-order valence-corrected chi connectivity index (χ2v) is 6.18. The number of unbranched alkanes of at least 4 members (excludes halogenated alkanes) is 1. The van der Waals surface area contributed by atoms with Crippen LogP contribution < -0.4 is 0 Å². The molecule has 1 heteroatoms. The van der Waals surface area contributed by atoms with Gasteiger partial charge in [-0.1, -0.05) is 51.3 Å². The molecule has 1 nitrogen and oxygen atoms in total. The summed E-state index contributed by atoms with van der Waals surface area (Å²) in [5.74, 6) is 1.56. The van der Waals surface area contributed by atoms with Crippen LogP contribution in [0.25, 0.3) is 10.9 Å². The maximum atomic E-state index is 3.72. The Hall–Kier alpha value is -1.24. The van der Waals surface area contributed by atoms with Gasteiger partial charge in [0.05, 0.1) is 0 Å². The highest BCUT2D eigenvalue weighted by molar-refractivity contribution is 5.85. The molecule has 1 aliphatic rings. The maximum absolute atomic E-state index is 3.72. The Morgan fingerprint density at radius 2 is 2.16 bits per heavy atom. The predicted octanol–water partition coefficient (Wildman–Crippen LogP) is 5.41. The lowest BCUT2D eigenvalue weighted by molar-refractivity contribution is 0.370. The quantitative estimate of drug-likeness (QED) is 0.751. The molecule has 0 amide bonds. The molecule has 1 aromatic heterocycles. The molecule has 1 aliphatic carbocycles. The highest BCUT2D eigenvalue weighted by Crippen LogP contribution is 2.41. The lowest BCUT2D eigenvalue weighted by Gasteiger charge is -2.28. The molecule has 2 atom stereocenters. The van der Waals surface area contributed by atoms with Crippen molar-refractivity contribution in [1.29, 1.82) is 0 Å². The Labute approximate surface area is 116 Å². The third-order valence-corrected chi connectivity index (χ3v) is 4.86. The van der Waals surface area contributed by atoms with E-state index in [4.69, 9.17) is 0 Å². The van der Waals surface area contributed by atoms with Gasteiger partial charge in [-0.2, -0.15) is 0 Å². The van der Waals surface area contributed by atoms with Crippen LogP contribution in [-0.2, 0) is 6.42 Å². The molecular formula is C18H25N. The molecule has 3 rings (SSSR count). The summed E-state index contributed by atoms with van der Waals surface area (Å²) in [7, 11) is 0. The molecule has 2 aromatic rings. The summed E-state index contributed by atoms with van der Waals surface area (Å²) in [6.07, 6.45) is 8.04. The third-order valence-electron chi connectivity index (χ3n) is 4.86. The van der Waals surface area contributed by atoms with Crippen LogP contribution in [0.15, 0.2) is 24.3 Å². The van der Waals surface area contributed by atoms with Crippen LogP contribution in [0.5, 0.6) is 0 Å². The van der Waals surface area contributed by atoms with Crippen LogP contribution >= 0.6 is 0 Å². The van der Waals surface area contributed by atoms with Crippen molar-refractivity contribution in [2.75, 3.05) is 0 Å². The molecule has 1 aromatic carbocycles. The molecule has 0 spiro atoms. The Morgan fingerprint density at radius 3 is 3.00 bits per heavy atom. The minimum absolute atomic E-state index is 0.752. The molecule has 2 unspecified atom stereocenters. The van der Waals surface area contributed by atoms with Crippen molar-refractivity contribution in [3.63, 3.8) is 0 Å². The SMILES string of the molecule is CCCCC(C)C1CCCc2c1[nH]c1ccccc21. The summed E-state index contributed by atoms with van der Waals surface area (Å²) in [5.41, 5.74) is 4.49. The molecule has 102 valence electrons. The van der Waals surface area contributed by atoms with Crippen molar-refractivity contribution < 1.29 is 0 Å². The summed E-state index contributed by atoms with van der Waals surface area (Å²) in [6.45, 7) is 4.74. The minimum atomic E-state index is 0.752. The highest BCUT2D eigenvalue weighted by Gasteiger charge is 2.27. The Balaban J connectivity index is 1.95. The highest BCUT2D eigenvalue weighted by atomic mass is 14.7. The Kier molecular flexibility index (Phi) is 3.63. The first-order valence-electron chi connectivity index (χ1n) is 7.90. The van der Waals surface area contributed by atoms with E-state index in [1.165, 1.54) is 49.4 Å². The second-order valence-electron chi connectivity index (χ2n) is 6.18. The molecule has 1 heterocycles. The zero-order chi connectivity index (χ0) is 13.2. The zero-order valence-corrected chi connectivity index (χ0v) is 12.2. The van der Waals surface area contributed by atoms with E-state index in [9.17, 15) is 0 Å². The molecular weight excluding hydrogens is 230 g/mol. The smallest absolute Gasteiger partial charge is 0.0459 e. The van der Waals surface area contributed by atoms with Gasteiger partial charge in [0.15, 0.2) is 0 Å². The fraction of sp³-hybridized carbons (Fsp3) is 0.556. The maximum Gasteiger partial charge on any atom is 0.0459 e. The lowest BCUT2D eigenvalue weighted by Crippen LogP contribution is -2.16. The first-order valence-corrected chi connectivity index (χ1v) is 7.90.